The molecule has 0 aromatic carbocycles. The standard InChI is InChI=1S/C50H83N3O16P2/c1-4-5-6-7-21-26-31-41(54)32-27-22-17-14-15-19-24-29-34-46(56)67-42(37-64-45(55)33-28-23-18-13-11-9-8-10-12-16-20-25-30-40(2)3)38-65-70(60,61)69-71(62,63)66-39-43-47(57)48(58)49(68-43)53-36-35-44(51)52-50(53)59/h5-6,15,17,19,21-22,26-27,32,35-36,40-43,47-49,54,57-58H,4,7-14,16,18,20,23-25,28-31,33-34,37-39H2,1-3H3,(H,60,61)(H,62,63)(H2,51,52,59)/b6-5-,19-15-,22-17-,26-21-,32-27+/t41?,42-,43-,47-,48-,49-/m1/s1. The van der Waals surface area contributed by atoms with E-state index in [-0.39, 0.29) is 18.7 Å². The van der Waals surface area contributed by atoms with Crippen LogP contribution in [-0.2, 0) is 46.3 Å². The normalized spacial score (nSPS) is 20.2. The first-order chi connectivity index (χ1) is 33.9. The number of hydrogen-bond acceptors (Lipinski definition) is 16. The SMILES string of the molecule is CC/C=C\C/C=C\CC(O)/C=C/C=C\C/C=C\CCCC(=O)O[C@H](COC(=O)CCCCCCCCCCCCCCC(C)C)COP(=O)(O)OP(=O)(O)OC[C@H]1O[C@@H](n2ccc(N)nc2=O)[C@H](O)[C@@H]1O. The van der Waals surface area contributed by atoms with Crippen LogP contribution in [0.4, 0.5) is 5.82 Å². The van der Waals surface area contributed by atoms with Gasteiger partial charge in [-0.25, -0.2) is 13.9 Å². The highest BCUT2D eigenvalue weighted by Gasteiger charge is 2.46. The van der Waals surface area contributed by atoms with Crippen molar-refractivity contribution >= 4 is 33.4 Å². The molecule has 19 nitrogen and oxygen atoms in total. The fourth-order valence-electron chi connectivity index (χ4n) is 7.21. The Bertz CT molecular complexity index is 1960. The number of carbonyl (C=O) groups excluding carboxylic acids is 2. The summed E-state index contributed by atoms with van der Waals surface area (Å²) in [6.45, 7) is 4.20. The Balaban J connectivity index is 1.85. The van der Waals surface area contributed by atoms with Crippen LogP contribution >= 0.6 is 15.6 Å². The van der Waals surface area contributed by atoms with Crippen LogP contribution in [0.5, 0.6) is 0 Å². The number of hydrogen-bond donors (Lipinski definition) is 6. The molecule has 2 rings (SSSR count). The fourth-order valence-corrected chi connectivity index (χ4v) is 9.32. The first-order valence-corrected chi connectivity index (χ1v) is 28.3. The average Bonchev–Trinajstić information content (AvgIpc) is 3.59. The number of unbranched alkanes of at least 4 members (excludes halogenated alkanes) is 12. The second-order valence-corrected chi connectivity index (χ2v) is 21.0. The molecule has 0 saturated carbocycles. The number of nitrogens with zero attached hydrogens (tertiary/aromatic N) is 2. The Labute approximate surface area is 420 Å². The number of aliphatic hydroxyl groups excluding tert-OH is 3. The van der Waals surface area contributed by atoms with Gasteiger partial charge in [-0.2, -0.15) is 9.29 Å². The smallest absolute Gasteiger partial charge is 0.462 e. The van der Waals surface area contributed by atoms with Crippen LogP contribution in [0.3, 0.4) is 0 Å². The van der Waals surface area contributed by atoms with E-state index in [1.807, 2.05) is 36.5 Å². The van der Waals surface area contributed by atoms with Crippen molar-refractivity contribution in [2.24, 2.45) is 5.92 Å². The van der Waals surface area contributed by atoms with E-state index >= 15 is 0 Å². The van der Waals surface area contributed by atoms with Crippen molar-refractivity contribution in [2.45, 2.75) is 192 Å². The molecular formula is C50H83N3O16P2. The van der Waals surface area contributed by atoms with Crippen molar-refractivity contribution in [1.29, 1.82) is 0 Å². The lowest BCUT2D eigenvalue weighted by molar-refractivity contribution is -0.161. The predicted molar refractivity (Wildman–Crippen MR) is 271 cm³/mol. The van der Waals surface area contributed by atoms with E-state index < -0.39 is 89.8 Å². The van der Waals surface area contributed by atoms with Gasteiger partial charge in [0.15, 0.2) is 12.3 Å². The zero-order chi connectivity index (χ0) is 52.3. The quantitative estimate of drug-likeness (QED) is 0.0117. The first-order valence-electron chi connectivity index (χ1n) is 25.3. The van der Waals surface area contributed by atoms with Gasteiger partial charge in [-0.05, 0) is 56.9 Å². The molecule has 0 radical (unpaired) electrons. The van der Waals surface area contributed by atoms with Crippen LogP contribution in [0.1, 0.15) is 162 Å². The molecule has 0 aliphatic carbocycles. The molecule has 8 atom stereocenters. The molecule has 21 heteroatoms. The lowest BCUT2D eigenvalue weighted by Crippen LogP contribution is -2.36. The molecule has 2 heterocycles. The number of phosphoric ester groups is 2. The number of aliphatic hydroxyl groups is 3. The molecule has 1 aliphatic rings. The molecule has 1 aromatic heterocycles. The number of nitrogens with two attached hydrogens (primary N) is 1. The number of ether oxygens (including phenoxy) is 3. The summed E-state index contributed by atoms with van der Waals surface area (Å²) in [5, 5.41) is 31.0. The molecule has 1 saturated heterocycles. The van der Waals surface area contributed by atoms with Gasteiger partial charge in [-0.15, -0.1) is 0 Å². The summed E-state index contributed by atoms with van der Waals surface area (Å²) >= 11 is 0. The Morgan fingerprint density at radius 2 is 1.39 bits per heavy atom. The third-order valence-electron chi connectivity index (χ3n) is 11.1. The number of phosphoric acid groups is 2. The van der Waals surface area contributed by atoms with Crippen molar-refractivity contribution in [3.63, 3.8) is 0 Å². The van der Waals surface area contributed by atoms with E-state index in [4.69, 9.17) is 29.0 Å². The summed E-state index contributed by atoms with van der Waals surface area (Å²) in [6, 6.07) is 1.24. The van der Waals surface area contributed by atoms with Gasteiger partial charge in [0.1, 0.15) is 30.7 Å². The zero-order valence-electron chi connectivity index (χ0n) is 42.0. The van der Waals surface area contributed by atoms with Gasteiger partial charge in [-0.3, -0.25) is 23.2 Å². The second-order valence-electron chi connectivity index (χ2n) is 18.0. The molecule has 71 heavy (non-hydrogen) atoms. The Hall–Kier alpha value is -3.58. The lowest BCUT2D eigenvalue weighted by atomic mass is 10.0. The number of anilines is 1. The van der Waals surface area contributed by atoms with E-state index in [1.165, 1.54) is 57.4 Å². The summed E-state index contributed by atoms with van der Waals surface area (Å²) in [7, 11) is -10.9. The third kappa shape index (κ3) is 30.9. The largest absolute Gasteiger partial charge is 0.481 e. The van der Waals surface area contributed by atoms with Crippen LogP contribution in [0.2, 0.25) is 0 Å². The highest BCUT2D eigenvalue weighted by molar-refractivity contribution is 7.61. The monoisotopic (exact) mass is 1040 g/mol. The fraction of sp³-hybridized carbons (Fsp3) is 0.680. The zero-order valence-corrected chi connectivity index (χ0v) is 43.8. The van der Waals surface area contributed by atoms with E-state index in [0.29, 0.717) is 32.1 Å². The summed E-state index contributed by atoms with van der Waals surface area (Å²) in [6.07, 6.45) is 30.6. The Morgan fingerprint density at radius 1 is 0.789 bits per heavy atom. The number of aromatic nitrogens is 2. The topological polar surface area (TPSA) is 286 Å². The molecule has 404 valence electrons. The predicted octanol–water partition coefficient (Wildman–Crippen LogP) is 9.16. The van der Waals surface area contributed by atoms with Gasteiger partial charge in [-0.1, -0.05) is 159 Å². The van der Waals surface area contributed by atoms with E-state index in [9.17, 15) is 48.6 Å². The Morgan fingerprint density at radius 3 is 2.06 bits per heavy atom. The van der Waals surface area contributed by atoms with Gasteiger partial charge in [0.25, 0.3) is 0 Å². The highest BCUT2D eigenvalue weighted by Crippen LogP contribution is 2.60. The van der Waals surface area contributed by atoms with Crippen molar-refractivity contribution in [2.75, 3.05) is 25.6 Å². The number of nitrogen functional groups attached to an aromatic ring is 1. The highest BCUT2D eigenvalue weighted by atomic mass is 31.3. The number of esters is 2. The van der Waals surface area contributed by atoms with Crippen LogP contribution in [0.25, 0.3) is 0 Å². The maximum absolute atomic E-state index is 12.8. The first kappa shape index (κ1) is 63.5. The number of carbonyl (C=O) groups is 2. The van der Waals surface area contributed by atoms with Gasteiger partial charge in [0, 0.05) is 19.0 Å². The maximum Gasteiger partial charge on any atom is 0.481 e. The Kier molecular flexibility index (Phi) is 33.3. The minimum absolute atomic E-state index is 0.0614. The molecule has 1 fully saturated rings. The van der Waals surface area contributed by atoms with Gasteiger partial charge in [0.2, 0.25) is 0 Å². The van der Waals surface area contributed by atoms with E-state index in [2.05, 4.69) is 42.2 Å². The summed E-state index contributed by atoms with van der Waals surface area (Å²) in [4.78, 5) is 61.9. The molecular weight excluding hydrogens is 961 g/mol. The second kappa shape index (κ2) is 37.2. The molecule has 1 aliphatic heterocycles. The van der Waals surface area contributed by atoms with E-state index in [0.717, 1.165) is 55.2 Å². The van der Waals surface area contributed by atoms with Crippen LogP contribution in [0, 0.1) is 5.92 Å². The van der Waals surface area contributed by atoms with Crippen LogP contribution in [-0.4, -0.2) is 96.9 Å². The van der Waals surface area contributed by atoms with Crippen molar-refractivity contribution < 1.29 is 71.4 Å². The van der Waals surface area contributed by atoms with Gasteiger partial charge < -0.3 is 45.1 Å². The van der Waals surface area contributed by atoms with Crippen LogP contribution < -0.4 is 11.4 Å². The third-order valence-corrected chi connectivity index (χ3v) is 13.7. The summed E-state index contributed by atoms with van der Waals surface area (Å²) in [5.74, 6) is -0.641. The number of rotatable bonds is 40. The summed E-state index contributed by atoms with van der Waals surface area (Å²) in [5.41, 5.74) is 4.57. The summed E-state index contributed by atoms with van der Waals surface area (Å²) < 4.78 is 56.7. The molecule has 3 unspecified atom stereocenters. The number of allylic oxidation sites excluding steroid dienone is 8. The van der Waals surface area contributed by atoms with Crippen molar-refractivity contribution in [3.8, 4) is 0 Å². The minimum atomic E-state index is -5.45. The van der Waals surface area contributed by atoms with E-state index in [1.54, 1.807) is 12.2 Å². The average molecular weight is 1040 g/mol. The van der Waals surface area contributed by atoms with Gasteiger partial charge >= 0.3 is 33.3 Å². The molecule has 0 spiro atoms. The molecule has 7 N–H and O–H groups in total. The maximum atomic E-state index is 12.8. The lowest BCUT2D eigenvalue weighted by Gasteiger charge is -2.21. The molecule has 0 amide bonds. The molecule has 1 aromatic rings. The van der Waals surface area contributed by atoms with Crippen LogP contribution in [0.15, 0.2) is 77.8 Å². The minimum Gasteiger partial charge on any atom is -0.462 e. The van der Waals surface area contributed by atoms with Gasteiger partial charge in [0.05, 0.1) is 19.3 Å². The van der Waals surface area contributed by atoms with Crippen molar-refractivity contribution in [3.05, 3.63) is 83.5 Å². The molecule has 0 bridgehead atoms. The van der Waals surface area contributed by atoms with Crippen molar-refractivity contribution in [1.82, 2.24) is 9.55 Å².